The van der Waals surface area contributed by atoms with E-state index in [-0.39, 0.29) is 5.91 Å². The SMILES string of the molecule is CCN(CC(C)C)C1CCCC(N)(C(N)=O)C1. The molecule has 1 saturated carbocycles. The first kappa shape index (κ1) is 14.5. The van der Waals surface area contributed by atoms with Gasteiger partial charge >= 0.3 is 0 Å². The summed E-state index contributed by atoms with van der Waals surface area (Å²) in [5.74, 6) is 0.292. The lowest BCUT2D eigenvalue weighted by Gasteiger charge is -2.41. The van der Waals surface area contributed by atoms with E-state index in [4.69, 9.17) is 11.5 Å². The van der Waals surface area contributed by atoms with Crippen molar-refractivity contribution in [3.8, 4) is 0 Å². The van der Waals surface area contributed by atoms with Gasteiger partial charge in [-0.05, 0) is 38.1 Å². The number of amides is 1. The number of hydrogen-bond acceptors (Lipinski definition) is 3. The van der Waals surface area contributed by atoms with Crippen molar-refractivity contribution in [1.82, 2.24) is 4.90 Å². The Morgan fingerprint density at radius 2 is 2.18 bits per heavy atom. The van der Waals surface area contributed by atoms with Gasteiger partial charge in [-0.25, -0.2) is 0 Å². The zero-order valence-electron chi connectivity index (χ0n) is 11.4. The Balaban J connectivity index is 2.67. The topological polar surface area (TPSA) is 72.3 Å². The lowest BCUT2D eigenvalue weighted by molar-refractivity contribution is -0.125. The summed E-state index contributed by atoms with van der Waals surface area (Å²) in [6.45, 7) is 8.68. The first-order chi connectivity index (χ1) is 7.89. The summed E-state index contributed by atoms with van der Waals surface area (Å²) in [6.07, 6.45) is 3.58. The van der Waals surface area contributed by atoms with Gasteiger partial charge in [-0.2, -0.15) is 0 Å². The van der Waals surface area contributed by atoms with Crippen LogP contribution in [0.15, 0.2) is 0 Å². The van der Waals surface area contributed by atoms with E-state index < -0.39 is 5.54 Å². The van der Waals surface area contributed by atoms with Crippen LogP contribution in [-0.2, 0) is 4.79 Å². The van der Waals surface area contributed by atoms with Crippen molar-refractivity contribution >= 4 is 5.91 Å². The van der Waals surface area contributed by atoms with E-state index in [1.807, 2.05) is 0 Å². The van der Waals surface area contributed by atoms with Crippen molar-refractivity contribution in [2.45, 2.75) is 58.0 Å². The zero-order valence-corrected chi connectivity index (χ0v) is 11.4. The minimum Gasteiger partial charge on any atom is -0.368 e. The molecule has 17 heavy (non-hydrogen) atoms. The number of carbonyl (C=O) groups excluding carboxylic acids is 1. The van der Waals surface area contributed by atoms with E-state index in [0.717, 1.165) is 32.4 Å². The van der Waals surface area contributed by atoms with Crippen LogP contribution < -0.4 is 11.5 Å². The van der Waals surface area contributed by atoms with Gasteiger partial charge in [0.15, 0.2) is 0 Å². The minimum absolute atomic E-state index is 0.345. The third-order valence-corrected chi connectivity index (χ3v) is 3.77. The lowest BCUT2D eigenvalue weighted by atomic mass is 9.78. The largest absolute Gasteiger partial charge is 0.368 e. The molecule has 1 rings (SSSR count). The monoisotopic (exact) mass is 241 g/mol. The van der Waals surface area contributed by atoms with E-state index in [9.17, 15) is 4.79 Å². The van der Waals surface area contributed by atoms with E-state index in [0.29, 0.717) is 18.4 Å². The second kappa shape index (κ2) is 5.83. The van der Waals surface area contributed by atoms with Crippen LogP contribution in [0.3, 0.4) is 0 Å². The molecule has 1 aliphatic rings. The van der Waals surface area contributed by atoms with Crippen LogP contribution in [0.2, 0.25) is 0 Å². The Labute approximate surface area is 105 Å². The van der Waals surface area contributed by atoms with Crippen LogP contribution >= 0.6 is 0 Å². The smallest absolute Gasteiger partial charge is 0.237 e. The molecule has 4 heteroatoms. The van der Waals surface area contributed by atoms with Crippen LogP contribution in [0.5, 0.6) is 0 Å². The highest BCUT2D eigenvalue weighted by molar-refractivity contribution is 5.84. The number of hydrogen-bond donors (Lipinski definition) is 2. The minimum atomic E-state index is -0.784. The van der Waals surface area contributed by atoms with Gasteiger partial charge in [-0.15, -0.1) is 0 Å². The average Bonchev–Trinajstić information content (AvgIpc) is 2.25. The molecule has 4 N–H and O–H groups in total. The Kier molecular flexibility index (Phi) is 4.95. The molecule has 4 nitrogen and oxygen atoms in total. The van der Waals surface area contributed by atoms with Crippen molar-refractivity contribution in [3.63, 3.8) is 0 Å². The summed E-state index contributed by atoms with van der Waals surface area (Å²) < 4.78 is 0. The van der Waals surface area contributed by atoms with Crippen LogP contribution in [-0.4, -0.2) is 35.5 Å². The molecule has 1 aliphatic carbocycles. The second-order valence-electron chi connectivity index (χ2n) is 5.75. The maximum atomic E-state index is 11.4. The molecule has 0 aliphatic heterocycles. The summed E-state index contributed by atoms with van der Waals surface area (Å²) >= 11 is 0. The fourth-order valence-electron chi connectivity index (χ4n) is 2.82. The number of primary amides is 1. The molecule has 0 aromatic carbocycles. The quantitative estimate of drug-likeness (QED) is 0.757. The van der Waals surface area contributed by atoms with Gasteiger partial charge in [-0.3, -0.25) is 4.79 Å². The number of rotatable bonds is 5. The molecule has 0 aromatic heterocycles. The fraction of sp³-hybridized carbons (Fsp3) is 0.923. The van der Waals surface area contributed by atoms with Gasteiger partial charge in [0, 0.05) is 12.6 Å². The van der Waals surface area contributed by atoms with Crippen molar-refractivity contribution in [2.24, 2.45) is 17.4 Å². The highest BCUT2D eigenvalue weighted by atomic mass is 16.1. The predicted octanol–water partition coefficient (Wildman–Crippen LogP) is 1.09. The average molecular weight is 241 g/mol. The van der Waals surface area contributed by atoms with Gasteiger partial charge < -0.3 is 16.4 Å². The van der Waals surface area contributed by atoms with Crippen LogP contribution in [0.4, 0.5) is 0 Å². The first-order valence-corrected chi connectivity index (χ1v) is 6.72. The van der Waals surface area contributed by atoms with E-state index in [1.165, 1.54) is 0 Å². The summed E-state index contributed by atoms with van der Waals surface area (Å²) in [5, 5.41) is 0. The van der Waals surface area contributed by atoms with Crippen LogP contribution in [0, 0.1) is 5.92 Å². The molecule has 1 fully saturated rings. The molecule has 2 unspecified atom stereocenters. The third kappa shape index (κ3) is 3.68. The highest BCUT2D eigenvalue weighted by Gasteiger charge is 2.39. The molecule has 0 aromatic rings. The van der Waals surface area contributed by atoms with Gasteiger partial charge in [-0.1, -0.05) is 20.8 Å². The second-order valence-corrected chi connectivity index (χ2v) is 5.75. The van der Waals surface area contributed by atoms with E-state index in [2.05, 4.69) is 25.7 Å². The lowest BCUT2D eigenvalue weighted by Crippen LogP contribution is -2.58. The molecule has 0 spiro atoms. The summed E-state index contributed by atoms with van der Waals surface area (Å²) in [7, 11) is 0. The molecule has 1 amide bonds. The normalized spacial score (nSPS) is 29.9. The molecule has 0 heterocycles. The molecule has 100 valence electrons. The Morgan fingerprint density at radius 1 is 1.53 bits per heavy atom. The molecule has 0 radical (unpaired) electrons. The van der Waals surface area contributed by atoms with Gasteiger partial charge in [0.25, 0.3) is 0 Å². The van der Waals surface area contributed by atoms with Gasteiger partial charge in [0.1, 0.15) is 0 Å². The maximum Gasteiger partial charge on any atom is 0.237 e. The van der Waals surface area contributed by atoms with E-state index in [1.54, 1.807) is 0 Å². The molecule has 0 bridgehead atoms. The van der Waals surface area contributed by atoms with Crippen molar-refractivity contribution in [1.29, 1.82) is 0 Å². The molecule has 0 saturated heterocycles. The summed E-state index contributed by atoms with van der Waals surface area (Å²) in [5.41, 5.74) is 10.8. The Bertz CT molecular complexity index is 267. The van der Waals surface area contributed by atoms with E-state index >= 15 is 0 Å². The zero-order chi connectivity index (χ0) is 13.1. The van der Waals surface area contributed by atoms with Crippen molar-refractivity contribution < 1.29 is 4.79 Å². The predicted molar refractivity (Wildman–Crippen MR) is 70.5 cm³/mol. The van der Waals surface area contributed by atoms with Crippen LogP contribution in [0.1, 0.15) is 46.5 Å². The Morgan fingerprint density at radius 3 is 2.65 bits per heavy atom. The number of nitrogens with zero attached hydrogens (tertiary/aromatic N) is 1. The fourth-order valence-corrected chi connectivity index (χ4v) is 2.82. The number of carbonyl (C=O) groups is 1. The third-order valence-electron chi connectivity index (χ3n) is 3.77. The van der Waals surface area contributed by atoms with Crippen LogP contribution in [0.25, 0.3) is 0 Å². The van der Waals surface area contributed by atoms with Gasteiger partial charge in [0.05, 0.1) is 5.54 Å². The number of nitrogens with two attached hydrogens (primary N) is 2. The molecule has 2 atom stereocenters. The van der Waals surface area contributed by atoms with Crippen molar-refractivity contribution in [2.75, 3.05) is 13.1 Å². The standard InChI is InChI=1S/C13H27N3O/c1-4-16(9-10(2)3)11-6-5-7-13(15,8-11)12(14)17/h10-11H,4-9,15H2,1-3H3,(H2,14,17). The Hall–Kier alpha value is -0.610. The summed E-state index contributed by atoms with van der Waals surface area (Å²) in [6, 6.07) is 0.411. The summed E-state index contributed by atoms with van der Waals surface area (Å²) in [4.78, 5) is 13.9. The maximum absolute atomic E-state index is 11.4. The first-order valence-electron chi connectivity index (χ1n) is 6.72. The van der Waals surface area contributed by atoms with Crippen molar-refractivity contribution in [3.05, 3.63) is 0 Å². The highest BCUT2D eigenvalue weighted by Crippen LogP contribution is 2.29. The van der Waals surface area contributed by atoms with Gasteiger partial charge in [0.2, 0.25) is 5.91 Å². The molecular weight excluding hydrogens is 214 g/mol. The molecular formula is C13H27N3O.